The molecule has 7 heavy (non-hydrogen) atoms. The second kappa shape index (κ2) is 45.4. The van der Waals surface area contributed by atoms with Gasteiger partial charge in [-0.15, -0.1) is 0 Å². The number of aliphatic hydroxyl groups is 1. The molecule has 0 saturated carbocycles. The molecule has 44 valence electrons. The van der Waals surface area contributed by atoms with Crippen LogP contribution in [0.1, 0.15) is 6.92 Å². The van der Waals surface area contributed by atoms with Crippen molar-refractivity contribution in [2.45, 2.75) is 6.92 Å². The van der Waals surface area contributed by atoms with Gasteiger partial charge in [0.25, 0.3) is 0 Å². The topological polar surface area (TPSA) is 80.5 Å². The van der Waals surface area contributed by atoms with Gasteiger partial charge in [0, 0.05) is 6.61 Å². The van der Waals surface area contributed by atoms with E-state index in [1.54, 1.807) is 6.92 Å². The van der Waals surface area contributed by atoms with Crippen molar-refractivity contribution in [2.75, 3.05) is 6.61 Å². The molecule has 4 heteroatoms. The van der Waals surface area contributed by atoms with Gasteiger partial charge in [-0.1, -0.05) is 5.40 Å². The van der Waals surface area contributed by atoms with Crippen molar-refractivity contribution in [3.63, 3.8) is 0 Å². The monoisotopic (exact) mass is 122 g/mol. The second-order valence-electron chi connectivity index (χ2n) is 0.408. The fraction of sp³-hybridized carbons (Fsp3) is 0.667. The standard InChI is InChI=1S/C2H6O.CHNS.H3N/c1-2-3;2-1-3;/h3H,2H2,1H3;3H;1H3. The number of quaternary nitrogens is 1. The van der Waals surface area contributed by atoms with Crippen LogP contribution in [0.3, 0.4) is 0 Å². The van der Waals surface area contributed by atoms with E-state index in [4.69, 9.17) is 10.4 Å². The summed E-state index contributed by atoms with van der Waals surface area (Å²) in [5.41, 5.74) is 0. The van der Waals surface area contributed by atoms with Gasteiger partial charge in [0.1, 0.15) is 0 Å². The van der Waals surface area contributed by atoms with Crippen LogP contribution in [0.4, 0.5) is 0 Å². The Bertz CT molecular complexity index is 42.7. The van der Waals surface area contributed by atoms with E-state index in [0.29, 0.717) is 0 Å². The first-order chi connectivity index (χ1) is 2.83. The van der Waals surface area contributed by atoms with E-state index in [9.17, 15) is 0 Å². The summed E-state index contributed by atoms with van der Waals surface area (Å²) in [5.74, 6) is 0. The number of hydrogen-bond acceptors (Lipinski definition) is 3. The van der Waals surface area contributed by atoms with Crippen molar-refractivity contribution in [1.82, 2.24) is 6.15 Å². The van der Waals surface area contributed by atoms with Crippen molar-refractivity contribution in [2.24, 2.45) is 0 Å². The van der Waals surface area contributed by atoms with Crippen LogP contribution in [0.15, 0.2) is 0 Å². The van der Waals surface area contributed by atoms with E-state index < -0.39 is 0 Å². The molecule has 0 rings (SSSR count). The zero-order valence-electron chi connectivity index (χ0n) is 4.51. The molecule has 0 aromatic carbocycles. The van der Waals surface area contributed by atoms with E-state index in [1.807, 2.05) is 0 Å². The molecule has 0 aliphatic heterocycles. The van der Waals surface area contributed by atoms with E-state index >= 15 is 0 Å². The number of nitrogens with zero attached hydrogens (tertiary/aromatic N) is 1. The first-order valence-electron chi connectivity index (χ1n) is 1.45. The lowest BCUT2D eigenvalue weighted by atomic mass is 10.9. The minimum atomic E-state index is 0. The van der Waals surface area contributed by atoms with Crippen molar-refractivity contribution in [3.8, 4) is 5.40 Å². The van der Waals surface area contributed by atoms with Gasteiger partial charge in [-0.3, -0.25) is 0 Å². The zero-order valence-corrected chi connectivity index (χ0v) is 5.33. The minimum absolute atomic E-state index is 0. The van der Waals surface area contributed by atoms with Gasteiger partial charge in [-0.2, -0.15) is 0 Å². The zero-order chi connectivity index (χ0) is 5.41. The number of nitriles is 1. The van der Waals surface area contributed by atoms with Crippen molar-refractivity contribution in [1.29, 1.82) is 5.26 Å². The first kappa shape index (κ1) is 15.9. The molecular formula is C3H10N2OS. The summed E-state index contributed by atoms with van der Waals surface area (Å²) in [5, 5.41) is 16.0. The highest BCUT2D eigenvalue weighted by molar-refractivity contribution is 7.64. The largest absolute Gasteiger partial charge is 0.696 e. The van der Waals surface area contributed by atoms with Crippen LogP contribution in [-0.2, 0) is 12.6 Å². The van der Waals surface area contributed by atoms with Gasteiger partial charge in [-0.05, 0) is 6.92 Å². The predicted octanol–water partition coefficient (Wildman–Crippen LogP) is 0.389. The van der Waals surface area contributed by atoms with E-state index in [0.717, 1.165) is 0 Å². The number of rotatable bonds is 0. The molecule has 0 amide bonds. The third kappa shape index (κ3) is 542. The lowest BCUT2D eigenvalue weighted by molar-refractivity contribution is 0.318. The SMILES string of the molecule is CCO.N#C[S-].[NH4+]. The molecule has 5 N–H and O–H groups in total. The van der Waals surface area contributed by atoms with Crippen LogP contribution in [0.2, 0.25) is 0 Å². The summed E-state index contributed by atoms with van der Waals surface area (Å²) in [6, 6.07) is 0. The first-order valence-corrected chi connectivity index (χ1v) is 1.86. The molecule has 0 radical (unpaired) electrons. The van der Waals surface area contributed by atoms with E-state index in [-0.39, 0.29) is 12.8 Å². The molecule has 0 aliphatic carbocycles. The average molecular weight is 122 g/mol. The van der Waals surface area contributed by atoms with Gasteiger partial charge in [0.05, 0.1) is 0 Å². The van der Waals surface area contributed by atoms with Crippen LogP contribution >= 0.6 is 0 Å². The van der Waals surface area contributed by atoms with Crippen LogP contribution in [0.5, 0.6) is 0 Å². The van der Waals surface area contributed by atoms with Gasteiger partial charge in [-0.25, -0.2) is 5.26 Å². The number of aliphatic hydroxyl groups excluding tert-OH is 1. The number of hydrogen-bond donors (Lipinski definition) is 2. The average Bonchev–Trinajstić information content (AvgIpc) is 1.39. The maximum absolute atomic E-state index is 7.57. The lowest BCUT2D eigenvalue weighted by Gasteiger charge is -1.53. The van der Waals surface area contributed by atoms with Crippen LogP contribution in [0.25, 0.3) is 0 Å². The van der Waals surface area contributed by atoms with Gasteiger partial charge >= 0.3 is 0 Å². The molecule has 3 nitrogen and oxygen atoms in total. The molecule has 0 heterocycles. The molecule has 0 saturated heterocycles. The Balaban J connectivity index is -0.0000000400. The highest BCUT2D eigenvalue weighted by Gasteiger charge is 1.34. The Hall–Kier alpha value is -0.370. The third-order valence-corrected chi connectivity index (χ3v) is 0. The Morgan fingerprint density at radius 3 is 1.86 bits per heavy atom. The quantitative estimate of drug-likeness (QED) is 0.360. The van der Waals surface area contributed by atoms with Gasteiger partial charge in [0.15, 0.2) is 0 Å². The Labute approximate surface area is 49.0 Å². The molecule has 0 unspecified atom stereocenters. The molecule has 0 aromatic rings. The molecular weight excluding hydrogens is 112 g/mol. The van der Waals surface area contributed by atoms with Crippen LogP contribution in [0, 0.1) is 10.7 Å². The molecule has 0 bridgehead atoms. The fourth-order valence-corrected chi connectivity index (χ4v) is 0. The smallest absolute Gasteiger partial charge is 0.0402 e. The summed E-state index contributed by atoms with van der Waals surface area (Å²) >= 11 is 3.70. The van der Waals surface area contributed by atoms with Crippen LogP contribution < -0.4 is 6.15 Å². The molecule has 0 atom stereocenters. The predicted molar refractivity (Wildman–Crippen MR) is 31.7 cm³/mol. The van der Waals surface area contributed by atoms with Crippen LogP contribution in [-0.4, -0.2) is 11.7 Å². The highest BCUT2D eigenvalue weighted by Crippen LogP contribution is 1.30. The van der Waals surface area contributed by atoms with E-state index in [2.05, 4.69) is 12.6 Å². The minimum Gasteiger partial charge on any atom is -0.696 e. The second-order valence-corrected chi connectivity index (χ2v) is 0.590. The summed E-state index contributed by atoms with van der Waals surface area (Å²) in [6.45, 7) is 1.93. The third-order valence-electron chi connectivity index (χ3n) is 0. The van der Waals surface area contributed by atoms with Crippen molar-refractivity contribution >= 4 is 12.6 Å². The summed E-state index contributed by atoms with van der Waals surface area (Å²) in [6.07, 6.45) is 0. The highest BCUT2D eigenvalue weighted by atomic mass is 32.1. The summed E-state index contributed by atoms with van der Waals surface area (Å²) in [4.78, 5) is 0. The Morgan fingerprint density at radius 1 is 1.86 bits per heavy atom. The Kier molecular flexibility index (Phi) is 103. The molecule has 0 aromatic heterocycles. The van der Waals surface area contributed by atoms with Gasteiger partial charge < -0.3 is 23.9 Å². The molecule has 0 spiro atoms. The summed E-state index contributed by atoms with van der Waals surface area (Å²) in [7, 11) is 0. The van der Waals surface area contributed by atoms with Gasteiger partial charge in [0.2, 0.25) is 0 Å². The van der Waals surface area contributed by atoms with E-state index in [1.165, 1.54) is 5.40 Å². The summed E-state index contributed by atoms with van der Waals surface area (Å²) < 4.78 is 0. The normalized spacial score (nSPS) is 3.57. The lowest BCUT2D eigenvalue weighted by Crippen LogP contribution is -1.57. The molecule has 0 aliphatic rings. The molecule has 0 fully saturated rings. The fourth-order valence-electron chi connectivity index (χ4n) is 0. The maximum atomic E-state index is 7.57. The van der Waals surface area contributed by atoms with Crippen molar-refractivity contribution in [3.05, 3.63) is 0 Å². The number of thiocyanates is 1. The maximum Gasteiger partial charge on any atom is 0.0402 e. The Morgan fingerprint density at radius 2 is 1.86 bits per heavy atom. The van der Waals surface area contributed by atoms with Crippen molar-refractivity contribution < 1.29 is 5.11 Å².